The number of aromatic hydroxyl groups is 1. The van der Waals surface area contributed by atoms with E-state index in [0.717, 1.165) is 24.4 Å². The van der Waals surface area contributed by atoms with E-state index in [9.17, 15) is 9.90 Å². The monoisotopic (exact) mass is 438 g/mol. The van der Waals surface area contributed by atoms with Gasteiger partial charge < -0.3 is 21.1 Å². The Hall–Kier alpha value is -3.60. The number of nitrogens with zero attached hydrogens (tertiary/aromatic N) is 4. The van der Waals surface area contributed by atoms with Crippen molar-refractivity contribution in [1.82, 2.24) is 24.6 Å². The lowest BCUT2D eigenvalue weighted by molar-refractivity contribution is 0.102. The van der Waals surface area contributed by atoms with E-state index in [1.165, 1.54) is 24.9 Å². The second-order valence-corrected chi connectivity index (χ2v) is 8.22. The highest BCUT2D eigenvalue weighted by molar-refractivity contribution is 7.11. The summed E-state index contributed by atoms with van der Waals surface area (Å²) in [6.07, 6.45) is 8.18. The number of carbonyl (C=O) groups excluding carboxylic acids is 1. The molecule has 1 unspecified atom stereocenters. The molecule has 1 aliphatic carbocycles. The topological polar surface area (TPSA) is 149 Å². The third-order valence-corrected chi connectivity index (χ3v) is 5.79. The van der Waals surface area contributed by atoms with E-state index in [1.54, 1.807) is 13.0 Å². The molecule has 160 valence electrons. The van der Waals surface area contributed by atoms with Crippen LogP contribution in [-0.4, -0.2) is 42.2 Å². The Bertz CT molecular complexity index is 1110. The molecule has 0 bridgehead atoms. The summed E-state index contributed by atoms with van der Waals surface area (Å²) < 4.78 is 3.97. The molecular weight excluding hydrogens is 416 g/mol. The Morgan fingerprint density at radius 1 is 1.29 bits per heavy atom. The van der Waals surface area contributed by atoms with Crippen LogP contribution >= 0.6 is 11.5 Å². The fourth-order valence-electron chi connectivity index (χ4n) is 3.15. The minimum absolute atomic E-state index is 0.117. The van der Waals surface area contributed by atoms with Gasteiger partial charge in [-0.3, -0.25) is 10.2 Å². The van der Waals surface area contributed by atoms with Crippen molar-refractivity contribution in [3.63, 3.8) is 0 Å². The van der Waals surface area contributed by atoms with Gasteiger partial charge in [-0.2, -0.15) is 4.37 Å². The molecule has 1 fully saturated rings. The zero-order valence-electron chi connectivity index (χ0n) is 17.0. The predicted molar refractivity (Wildman–Crippen MR) is 118 cm³/mol. The number of hydrogen-bond donors (Lipinski definition) is 5. The molecule has 0 aliphatic heterocycles. The average molecular weight is 439 g/mol. The Kier molecular flexibility index (Phi) is 5.76. The summed E-state index contributed by atoms with van der Waals surface area (Å²) in [5.41, 5.74) is 1.92. The van der Waals surface area contributed by atoms with Crippen LogP contribution in [0.4, 0.5) is 16.5 Å². The quantitative estimate of drug-likeness (QED) is 0.279. The number of amides is 1. The first kappa shape index (κ1) is 20.7. The van der Waals surface area contributed by atoms with Crippen LogP contribution in [0.1, 0.15) is 41.3 Å². The molecule has 0 aromatic carbocycles. The van der Waals surface area contributed by atoms with Gasteiger partial charge in [0.1, 0.15) is 28.5 Å². The standard InChI is InChI=1S/C20H22N8O2S/c1-10-5-15(24-8-14(10)18(29)26-13-6-22-9-23-7-13)27-20-16(19(30)28-31-20)17(21)25-11(2)12-3-4-12/h5-9,11-12H,3-4H2,1-2H3,(H2,21,25)(H,24,27)(H,26,29)(H,28,30). The number of carbonyl (C=O) groups is 1. The average Bonchev–Trinajstić information content (AvgIpc) is 3.53. The van der Waals surface area contributed by atoms with Gasteiger partial charge in [-0.1, -0.05) is 0 Å². The highest BCUT2D eigenvalue weighted by Gasteiger charge is 2.30. The van der Waals surface area contributed by atoms with Crippen molar-refractivity contribution < 1.29 is 9.90 Å². The van der Waals surface area contributed by atoms with E-state index < -0.39 is 0 Å². The lowest BCUT2D eigenvalue weighted by Crippen LogP contribution is -2.34. The molecule has 0 saturated heterocycles. The molecule has 1 amide bonds. The van der Waals surface area contributed by atoms with E-state index in [2.05, 4.69) is 35.3 Å². The smallest absolute Gasteiger partial charge is 0.257 e. The zero-order chi connectivity index (χ0) is 22.0. The van der Waals surface area contributed by atoms with Crippen molar-refractivity contribution in [1.29, 1.82) is 5.41 Å². The van der Waals surface area contributed by atoms with Gasteiger partial charge in [0.15, 0.2) is 0 Å². The molecule has 3 heterocycles. The Morgan fingerprint density at radius 3 is 2.71 bits per heavy atom. The Labute approximate surface area is 182 Å². The molecule has 3 aromatic rings. The van der Waals surface area contributed by atoms with Gasteiger partial charge in [-0.15, -0.1) is 0 Å². The lowest BCUT2D eigenvalue weighted by atomic mass is 10.1. The van der Waals surface area contributed by atoms with Crippen molar-refractivity contribution in [2.45, 2.75) is 32.7 Å². The van der Waals surface area contributed by atoms with Crippen LogP contribution in [0.25, 0.3) is 0 Å². The maximum atomic E-state index is 12.5. The summed E-state index contributed by atoms with van der Waals surface area (Å²) >= 11 is 1.04. The number of pyridine rings is 1. The fourth-order valence-corrected chi connectivity index (χ4v) is 3.85. The molecule has 0 radical (unpaired) electrons. The van der Waals surface area contributed by atoms with Crippen LogP contribution < -0.4 is 16.0 Å². The maximum Gasteiger partial charge on any atom is 0.257 e. The van der Waals surface area contributed by atoms with Crippen LogP contribution in [0.15, 0.2) is 31.0 Å². The number of aryl methyl sites for hydroxylation is 1. The number of anilines is 3. The minimum atomic E-state index is -0.317. The minimum Gasteiger partial charge on any atom is -0.492 e. The third-order valence-electron chi connectivity index (χ3n) is 5.04. The second-order valence-electron chi connectivity index (χ2n) is 7.45. The molecule has 1 saturated carbocycles. The van der Waals surface area contributed by atoms with E-state index in [-0.39, 0.29) is 23.7 Å². The van der Waals surface area contributed by atoms with Gasteiger partial charge in [0.25, 0.3) is 5.91 Å². The van der Waals surface area contributed by atoms with Gasteiger partial charge in [-0.25, -0.2) is 15.0 Å². The van der Waals surface area contributed by atoms with E-state index >= 15 is 0 Å². The number of hydrogen-bond acceptors (Lipinski definition) is 9. The molecule has 3 aromatic heterocycles. The number of aromatic nitrogens is 4. The van der Waals surface area contributed by atoms with Crippen LogP contribution in [0.5, 0.6) is 5.88 Å². The van der Waals surface area contributed by atoms with Gasteiger partial charge in [0.2, 0.25) is 5.88 Å². The SMILES string of the molecule is Cc1cc(Nc2snc(O)c2C(=N)NC(C)C2CC2)ncc1C(=O)Nc1cncnc1. The summed E-state index contributed by atoms with van der Waals surface area (Å²) in [5.74, 6) is 0.639. The predicted octanol–water partition coefficient (Wildman–Crippen LogP) is 3.05. The van der Waals surface area contributed by atoms with Crippen LogP contribution in [0, 0.1) is 18.3 Å². The first-order valence-corrected chi connectivity index (χ1v) is 10.5. The van der Waals surface area contributed by atoms with Gasteiger partial charge in [0, 0.05) is 12.2 Å². The van der Waals surface area contributed by atoms with Gasteiger partial charge in [0.05, 0.1) is 23.6 Å². The van der Waals surface area contributed by atoms with E-state index in [4.69, 9.17) is 5.41 Å². The summed E-state index contributed by atoms with van der Waals surface area (Å²) in [5, 5.41) is 28.0. The summed E-state index contributed by atoms with van der Waals surface area (Å²) in [6.45, 7) is 3.83. The zero-order valence-corrected chi connectivity index (χ0v) is 17.8. The molecule has 0 spiro atoms. The molecule has 4 rings (SSSR count). The number of amidine groups is 1. The van der Waals surface area contributed by atoms with Crippen LogP contribution in [-0.2, 0) is 0 Å². The Balaban J connectivity index is 1.48. The van der Waals surface area contributed by atoms with Gasteiger partial charge >= 0.3 is 0 Å². The van der Waals surface area contributed by atoms with Crippen molar-refractivity contribution in [2.24, 2.45) is 5.92 Å². The molecule has 10 nitrogen and oxygen atoms in total. The van der Waals surface area contributed by atoms with E-state index in [1.807, 2.05) is 6.92 Å². The largest absolute Gasteiger partial charge is 0.492 e. The van der Waals surface area contributed by atoms with Crippen LogP contribution in [0.2, 0.25) is 0 Å². The van der Waals surface area contributed by atoms with Crippen molar-refractivity contribution >= 4 is 39.8 Å². The number of rotatable bonds is 7. The molecule has 1 atom stereocenters. The summed E-state index contributed by atoms with van der Waals surface area (Å²) in [6, 6.07) is 1.88. The van der Waals surface area contributed by atoms with Crippen LogP contribution in [0.3, 0.4) is 0 Å². The van der Waals surface area contributed by atoms with E-state index in [0.29, 0.717) is 39.1 Å². The molecular formula is C20H22N8O2S. The van der Waals surface area contributed by atoms with Gasteiger partial charge in [-0.05, 0) is 55.8 Å². The first-order valence-electron chi connectivity index (χ1n) is 9.76. The highest BCUT2D eigenvalue weighted by atomic mass is 32.1. The summed E-state index contributed by atoms with van der Waals surface area (Å²) in [4.78, 5) is 24.6. The Morgan fingerprint density at radius 2 is 2.03 bits per heavy atom. The lowest BCUT2D eigenvalue weighted by Gasteiger charge is -2.15. The number of nitrogens with one attached hydrogen (secondary N) is 4. The summed E-state index contributed by atoms with van der Waals surface area (Å²) in [7, 11) is 0. The molecule has 11 heteroatoms. The normalized spacial score (nSPS) is 14.0. The molecule has 5 N–H and O–H groups in total. The second kappa shape index (κ2) is 8.64. The van der Waals surface area contributed by atoms with Crippen molar-refractivity contribution in [3.8, 4) is 5.88 Å². The molecule has 31 heavy (non-hydrogen) atoms. The van der Waals surface area contributed by atoms with Crippen molar-refractivity contribution in [2.75, 3.05) is 10.6 Å². The van der Waals surface area contributed by atoms with Crippen molar-refractivity contribution in [3.05, 3.63) is 47.7 Å². The molecule has 1 aliphatic rings. The maximum absolute atomic E-state index is 12.5. The highest BCUT2D eigenvalue weighted by Crippen LogP contribution is 2.35. The first-order chi connectivity index (χ1) is 14.9. The third kappa shape index (κ3) is 4.77. The fraction of sp³-hybridized carbons (Fsp3) is 0.300.